The van der Waals surface area contributed by atoms with Crippen LogP contribution < -0.4 is 4.74 Å². The second kappa shape index (κ2) is 9.61. The zero-order valence-electron chi connectivity index (χ0n) is 20.7. The molecule has 0 aliphatic carbocycles. The van der Waals surface area contributed by atoms with Crippen LogP contribution in [0.1, 0.15) is 51.4 Å². The molecule has 3 rings (SSSR count). The highest BCUT2D eigenvalue weighted by Crippen LogP contribution is 2.40. The third-order valence-electron chi connectivity index (χ3n) is 5.71. The summed E-state index contributed by atoms with van der Waals surface area (Å²) in [6.45, 7) is 8.42. The zero-order chi connectivity index (χ0) is 27.1. The third kappa shape index (κ3) is 5.56. The van der Waals surface area contributed by atoms with Crippen molar-refractivity contribution in [1.29, 1.82) is 0 Å². The fourth-order valence-corrected chi connectivity index (χ4v) is 4.03. The summed E-state index contributed by atoms with van der Waals surface area (Å²) in [5.74, 6) is -0.924. The van der Waals surface area contributed by atoms with Gasteiger partial charge >= 0.3 is 12.1 Å². The minimum absolute atomic E-state index is 0.210. The van der Waals surface area contributed by atoms with E-state index in [1.54, 1.807) is 36.0 Å². The number of aliphatic carboxylic acids is 1. The highest BCUT2D eigenvalue weighted by molar-refractivity contribution is 6.32. The van der Waals surface area contributed by atoms with Crippen molar-refractivity contribution in [1.82, 2.24) is 9.78 Å². The van der Waals surface area contributed by atoms with Gasteiger partial charge in [-0.2, -0.15) is 18.3 Å². The topological polar surface area (TPSA) is 76.7 Å². The van der Waals surface area contributed by atoms with E-state index in [0.29, 0.717) is 22.5 Å². The molecule has 0 aliphatic heterocycles. The Kier molecular flexibility index (Phi) is 7.28. The SMILES string of the molecule is CC(C)=NC(C)(c1ccc(OC(C)(C)C(=O)O)c(Cl)c1)c1cc(-c2ccc(C(F)(F)F)cc2)nn1C. The Morgan fingerprint density at radius 2 is 1.61 bits per heavy atom. The number of ether oxygens (including phenoxy) is 1. The molecule has 1 N–H and O–H groups in total. The van der Waals surface area contributed by atoms with E-state index in [1.807, 2.05) is 20.8 Å². The molecule has 10 heteroatoms. The number of carboxylic acids is 1. The van der Waals surface area contributed by atoms with Crippen LogP contribution >= 0.6 is 11.6 Å². The number of halogens is 4. The average molecular weight is 522 g/mol. The van der Waals surface area contributed by atoms with Gasteiger partial charge in [0.15, 0.2) is 5.60 Å². The number of carbonyl (C=O) groups is 1. The van der Waals surface area contributed by atoms with Gasteiger partial charge in [-0.05, 0) is 70.5 Å². The summed E-state index contributed by atoms with van der Waals surface area (Å²) in [5, 5.41) is 14.1. The first-order valence-electron chi connectivity index (χ1n) is 11.0. The quantitative estimate of drug-likeness (QED) is 0.349. The summed E-state index contributed by atoms with van der Waals surface area (Å²) in [6, 6.07) is 11.6. The molecule has 0 fully saturated rings. The van der Waals surface area contributed by atoms with E-state index in [2.05, 4.69) is 5.10 Å². The molecule has 0 radical (unpaired) electrons. The van der Waals surface area contributed by atoms with E-state index in [1.165, 1.54) is 26.0 Å². The van der Waals surface area contributed by atoms with Gasteiger partial charge in [0.25, 0.3) is 0 Å². The van der Waals surface area contributed by atoms with Gasteiger partial charge in [0.1, 0.15) is 11.3 Å². The second-order valence-electron chi connectivity index (χ2n) is 9.31. The van der Waals surface area contributed by atoms with E-state index in [4.69, 9.17) is 21.3 Å². The molecule has 0 bridgehead atoms. The molecule has 3 aromatic rings. The van der Waals surface area contributed by atoms with Crippen molar-refractivity contribution in [3.63, 3.8) is 0 Å². The van der Waals surface area contributed by atoms with E-state index in [9.17, 15) is 23.1 Å². The molecular formula is C26H27ClF3N3O3. The van der Waals surface area contributed by atoms with Gasteiger partial charge in [0, 0.05) is 18.3 Å². The lowest BCUT2D eigenvalue weighted by molar-refractivity contribution is -0.152. The van der Waals surface area contributed by atoms with Gasteiger partial charge in [-0.25, -0.2) is 4.79 Å². The molecule has 1 atom stereocenters. The Hall–Kier alpha value is -3.33. The number of hydrogen-bond acceptors (Lipinski definition) is 4. The van der Waals surface area contributed by atoms with Crippen LogP contribution in [-0.4, -0.2) is 32.2 Å². The maximum absolute atomic E-state index is 13.0. The van der Waals surface area contributed by atoms with Crippen molar-refractivity contribution in [2.45, 2.75) is 51.9 Å². The van der Waals surface area contributed by atoms with Gasteiger partial charge in [-0.1, -0.05) is 29.8 Å². The summed E-state index contributed by atoms with van der Waals surface area (Å²) in [4.78, 5) is 16.3. The van der Waals surface area contributed by atoms with Gasteiger partial charge in [-0.15, -0.1) is 0 Å². The Morgan fingerprint density at radius 3 is 2.11 bits per heavy atom. The molecule has 1 aromatic heterocycles. The van der Waals surface area contributed by atoms with Crippen LogP contribution in [-0.2, 0) is 23.6 Å². The largest absolute Gasteiger partial charge is 0.478 e. The number of alkyl halides is 3. The first-order valence-corrected chi connectivity index (χ1v) is 11.4. The lowest BCUT2D eigenvalue weighted by Gasteiger charge is -2.28. The van der Waals surface area contributed by atoms with Crippen molar-refractivity contribution < 1.29 is 27.8 Å². The van der Waals surface area contributed by atoms with Gasteiger partial charge in [0.2, 0.25) is 0 Å². The van der Waals surface area contributed by atoms with E-state index >= 15 is 0 Å². The van der Waals surface area contributed by atoms with Crippen LogP contribution in [0.4, 0.5) is 13.2 Å². The number of benzene rings is 2. The summed E-state index contributed by atoms with van der Waals surface area (Å²) in [6.07, 6.45) is -4.42. The van der Waals surface area contributed by atoms with Crippen LogP contribution in [0.15, 0.2) is 53.5 Å². The van der Waals surface area contributed by atoms with Crippen molar-refractivity contribution in [3.8, 4) is 17.0 Å². The van der Waals surface area contributed by atoms with Gasteiger partial charge < -0.3 is 9.84 Å². The van der Waals surface area contributed by atoms with E-state index < -0.39 is 28.8 Å². The van der Waals surface area contributed by atoms with Crippen molar-refractivity contribution >= 4 is 23.3 Å². The van der Waals surface area contributed by atoms with E-state index in [0.717, 1.165) is 17.8 Å². The van der Waals surface area contributed by atoms with Crippen LogP contribution in [0.5, 0.6) is 5.75 Å². The molecule has 0 saturated carbocycles. The van der Waals surface area contributed by atoms with Crippen LogP contribution in [0, 0.1) is 0 Å². The highest BCUT2D eigenvalue weighted by atomic mass is 35.5. The Bertz CT molecular complexity index is 1310. The first kappa shape index (κ1) is 27.3. The third-order valence-corrected chi connectivity index (χ3v) is 6.00. The number of carboxylic acid groups (broad SMARTS) is 1. The smallest absolute Gasteiger partial charge is 0.416 e. The fourth-order valence-electron chi connectivity index (χ4n) is 3.82. The number of aliphatic imine (C=N–C) groups is 1. The molecule has 36 heavy (non-hydrogen) atoms. The van der Waals surface area contributed by atoms with Crippen LogP contribution in [0.3, 0.4) is 0 Å². The minimum Gasteiger partial charge on any atom is -0.478 e. The number of aryl methyl sites for hydroxylation is 1. The van der Waals surface area contributed by atoms with Crippen LogP contribution in [0.2, 0.25) is 5.02 Å². The molecule has 0 spiro atoms. The monoisotopic (exact) mass is 521 g/mol. The number of nitrogens with zero attached hydrogens (tertiary/aromatic N) is 3. The highest BCUT2D eigenvalue weighted by Gasteiger charge is 2.35. The number of hydrogen-bond donors (Lipinski definition) is 1. The number of aromatic nitrogens is 2. The van der Waals surface area contributed by atoms with Gasteiger partial charge in [-0.3, -0.25) is 9.67 Å². The predicted octanol–water partition coefficient (Wildman–Crippen LogP) is 6.75. The maximum Gasteiger partial charge on any atom is 0.416 e. The van der Waals surface area contributed by atoms with Crippen molar-refractivity contribution in [2.75, 3.05) is 0 Å². The summed E-state index contributed by atoms with van der Waals surface area (Å²) in [7, 11) is 1.73. The normalized spacial score (nSPS) is 13.7. The molecule has 192 valence electrons. The summed E-state index contributed by atoms with van der Waals surface area (Å²) < 4.78 is 46.1. The molecule has 0 amide bonds. The van der Waals surface area contributed by atoms with Crippen molar-refractivity contribution in [2.24, 2.45) is 12.0 Å². The Labute approximate surface area is 212 Å². The molecule has 6 nitrogen and oxygen atoms in total. The molecule has 0 saturated heterocycles. The maximum atomic E-state index is 13.0. The first-order chi connectivity index (χ1) is 16.5. The zero-order valence-corrected chi connectivity index (χ0v) is 21.5. The van der Waals surface area contributed by atoms with Crippen LogP contribution in [0.25, 0.3) is 11.3 Å². The van der Waals surface area contributed by atoms with E-state index in [-0.39, 0.29) is 10.8 Å². The fraction of sp³-hybridized carbons (Fsp3) is 0.346. The lowest BCUT2D eigenvalue weighted by Crippen LogP contribution is -2.38. The molecule has 1 heterocycles. The Morgan fingerprint density at radius 1 is 1.03 bits per heavy atom. The molecule has 0 aliphatic rings. The molecular weight excluding hydrogens is 495 g/mol. The molecule has 1 unspecified atom stereocenters. The van der Waals surface area contributed by atoms with Crippen molar-refractivity contribution in [3.05, 3.63) is 70.4 Å². The summed E-state index contributed by atoms with van der Waals surface area (Å²) >= 11 is 6.48. The predicted molar refractivity (Wildman–Crippen MR) is 133 cm³/mol. The summed E-state index contributed by atoms with van der Waals surface area (Å²) in [5.41, 5.74) is -0.0155. The number of rotatable bonds is 7. The second-order valence-corrected chi connectivity index (χ2v) is 9.71. The minimum atomic E-state index is -4.42. The lowest BCUT2D eigenvalue weighted by atomic mass is 9.88. The molecule has 2 aromatic carbocycles. The Balaban J connectivity index is 2.07. The standard InChI is InChI=1S/C26H27ClF3N3O3/c1-15(2)31-25(5,18-11-12-21(19(27)13-18)36-24(3,4)23(34)35)22-14-20(32-33(22)6)16-7-9-17(10-8-16)26(28,29)30/h7-14H,1-6H3,(H,34,35). The van der Waals surface area contributed by atoms with Gasteiger partial charge in [0.05, 0.1) is 22.0 Å². The average Bonchev–Trinajstić information content (AvgIpc) is 3.16.